The number of amides is 2. The van der Waals surface area contributed by atoms with Crippen molar-refractivity contribution < 1.29 is 14.4 Å². The highest BCUT2D eigenvalue weighted by molar-refractivity contribution is 6.02. The van der Waals surface area contributed by atoms with E-state index in [-0.39, 0.29) is 24.3 Å². The summed E-state index contributed by atoms with van der Waals surface area (Å²) >= 11 is 0. The molecule has 20 heavy (non-hydrogen) atoms. The molecule has 2 amide bonds. The number of imide groups is 1. The van der Waals surface area contributed by atoms with Gasteiger partial charge in [0.2, 0.25) is 11.8 Å². The summed E-state index contributed by atoms with van der Waals surface area (Å²) in [7, 11) is 0. The van der Waals surface area contributed by atoms with Crippen LogP contribution in [0.5, 0.6) is 0 Å². The predicted molar refractivity (Wildman–Crippen MR) is 70.9 cm³/mol. The third-order valence-corrected chi connectivity index (χ3v) is 3.58. The van der Waals surface area contributed by atoms with E-state index in [1.807, 2.05) is 18.2 Å². The van der Waals surface area contributed by atoms with E-state index in [0.29, 0.717) is 12.8 Å². The van der Waals surface area contributed by atoms with Crippen LogP contribution in [0.2, 0.25) is 0 Å². The zero-order valence-electron chi connectivity index (χ0n) is 10.7. The molecular weight excluding hydrogens is 258 g/mol. The average Bonchev–Trinajstić information content (AvgIpc) is 2.83. The third-order valence-electron chi connectivity index (χ3n) is 3.58. The molecule has 0 aliphatic carbocycles. The molecule has 0 spiro atoms. The Morgan fingerprint density at radius 3 is 3.00 bits per heavy atom. The van der Waals surface area contributed by atoms with Gasteiger partial charge in [-0.1, -0.05) is 12.1 Å². The summed E-state index contributed by atoms with van der Waals surface area (Å²) in [6.45, 7) is 0.183. The number of carbonyl (C=O) groups is 3. The van der Waals surface area contributed by atoms with Gasteiger partial charge in [-0.25, -0.2) is 0 Å². The normalized spacial score (nSPS) is 19.1. The van der Waals surface area contributed by atoms with E-state index >= 15 is 0 Å². The van der Waals surface area contributed by atoms with Crippen molar-refractivity contribution in [1.29, 1.82) is 0 Å². The Kier molecular flexibility index (Phi) is 3.06. The van der Waals surface area contributed by atoms with Crippen molar-refractivity contribution in [2.24, 2.45) is 0 Å². The lowest BCUT2D eigenvalue weighted by atomic mass is 9.88. The molecule has 1 atom stereocenters. The number of fused-ring (bicyclic) bond motifs is 1. The molecule has 1 N–H and O–H groups in total. The SMILES string of the molecule is O=CCn1ncc2c(C3CCC(=O)NC3=O)cccc21. The Morgan fingerprint density at radius 1 is 1.40 bits per heavy atom. The van der Waals surface area contributed by atoms with Crippen LogP contribution in [-0.2, 0) is 20.9 Å². The standard InChI is InChI=1S/C14H13N3O3/c18-7-6-17-12-3-1-2-9(11(12)8-15-17)10-4-5-13(19)16-14(10)20/h1-3,7-8,10H,4-6H2,(H,16,19,20). The first-order valence-corrected chi connectivity index (χ1v) is 6.42. The van der Waals surface area contributed by atoms with Gasteiger partial charge in [0.15, 0.2) is 0 Å². The van der Waals surface area contributed by atoms with Gasteiger partial charge in [-0.3, -0.25) is 19.6 Å². The van der Waals surface area contributed by atoms with E-state index in [2.05, 4.69) is 10.4 Å². The van der Waals surface area contributed by atoms with E-state index in [4.69, 9.17) is 0 Å². The first kappa shape index (κ1) is 12.5. The molecule has 0 saturated carbocycles. The van der Waals surface area contributed by atoms with Gasteiger partial charge >= 0.3 is 0 Å². The number of hydrogen-bond acceptors (Lipinski definition) is 4. The van der Waals surface area contributed by atoms with Crippen molar-refractivity contribution >= 4 is 29.0 Å². The van der Waals surface area contributed by atoms with E-state index < -0.39 is 0 Å². The molecule has 0 bridgehead atoms. The van der Waals surface area contributed by atoms with Gasteiger partial charge in [-0.05, 0) is 18.1 Å². The predicted octanol–water partition coefficient (Wildman–Crippen LogP) is 0.755. The minimum Gasteiger partial charge on any atom is -0.301 e. The summed E-state index contributed by atoms with van der Waals surface area (Å²) in [5, 5.41) is 7.38. The Morgan fingerprint density at radius 2 is 2.25 bits per heavy atom. The molecule has 2 heterocycles. The number of carbonyl (C=O) groups excluding carboxylic acids is 3. The Bertz CT molecular complexity index is 705. The summed E-state index contributed by atoms with van der Waals surface area (Å²) in [6, 6.07) is 5.57. The van der Waals surface area contributed by atoms with Gasteiger partial charge in [0.1, 0.15) is 6.29 Å². The van der Waals surface area contributed by atoms with Crippen molar-refractivity contribution in [2.45, 2.75) is 25.3 Å². The van der Waals surface area contributed by atoms with Crippen LogP contribution < -0.4 is 5.32 Å². The molecule has 3 rings (SSSR count). The topological polar surface area (TPSA) is 81.1 Å². The second kappa shape index (κ2) is 4.88. The van der Waals surface area contributed by atoms with Crippen LogP contribution in [0.25, 0.3) is 10.9 Å². The lowest BCUT2D eigenvalue weighted by molar-refractivity contribution is -0.134. The molecule has 1 unspecified atom stereocenters. The molecule has 0 radical (unpaired) electrons. The first-order chi connectivity index (χ1) is 9.70. The second-order valence-electron chi connectivity index (χ2n) is 4.78. The molecule has 1 aliphatic rings. The number of piperidine rings is 1. The average molecular weight is 271 g/mol. The van der Waals surface area contributed by atoms with Gasteiger partial charge in [0.25, 0.3) is 0 Å². The van der Waals surface area contributed by atoms with E-state index in [9.17, 15) is 14.4 Å². The van der Waals surface area contributed by atoms with Crippen LogP contribution in [-0.4, -0.2) is 27.9 Å². The highest BCUT2D eigenvalue weighted by atomic mass is 16.2. The van der Waals surface area contributed by atoms with Crippen LogP contribution in [0.3, 0.4) is 0 Å². The van der Waals surface area contributed by atoms with Gasteiger partial charge in [-0.15, -0.1) is 0 Å². The zero-order valence-corrected chi connectivity index (χ0v) is 10.7. The fourth-order valence-corrected chi connectivity index (χ4v) is 2.64. The fourth-order valence-electron chi connectivity index (χ4n) is 2.64. The molecular formula is C14H13N3O3. The zero-order chi connectivity index (χ0) is 14.1. The Hall–Kier alpha value is -2.50. The van der Waals surface area contributed by atoms with Crippen molar-refractivity contribution in [1.82, 2.24) is 15.1 Å². The number of nitrogens with zero attached hydrogens (tertiary/aromatic N) is 2. The highest BCUT2D eigenvalue weighted by Gasteiger charge is 2.29. The molecule has 1 aliphatic heterocycles. The first-order valence-electron chi connectivity index (χ1n) is 6.42. The van der Waals surface area contributed by atoms with Crippen LogP contribution in [0, 0.1) is 0 Å². The molecule has 1 fully saturated rings. The lowest BCUT2D eigenvalue weighted by Gasteiger charge is -2.21. The molecule has 6 heteroatoms. The van der Waals surface area contributed by atoms with Crippen molar-refractivity contribution in [3.8, 4) is 0 Å². The van der Waals surface area contributed by atoms with Crippen LogP contribution in [0.1, 0.15) is 24.3 Å². The summed E-state index contributed by atoms with van der Waals surface area (Å²) < 4.78 is 1.59. The quantitative estimate of drug-likeness (QED) is 0.660. The van der Waals surface area contributed by atoms with Gasteiger partial charge in [-0.2, -0.15) is 5.10 Å². The maximum absolute atomic E-state index is 12.0. The van der Waals surface area contributed by atoms with Crippen molar-refractivity contribution in [3.63, 3.8) is 0 Å². The number of aromatic nitrogens is 2. The molecule has 6 nitrogen and oxygen atoms in total. The summed E-state index contributed by atoms with van der Waals surface area (Å²) in [5.41, 5.74) is 1.67. The smallest absolute Gasteiger partial charge is 0.234 e. The van der Waals surface area contributed by atoms with Gasteiger partial charge in [0.05, 0.1) is 24.2 Å². The highest BCUT2D eigenvalue weighted by Crippen LogP contribution is 2.30. The summed E-state index contributed by atoms with van der Waals surface area (Å²) in [5.74, 6) is -0.836. The monoisotopic (exact) mass is 271 g/mol. The van der Waals surface area contributed by atoms with Crippen molar-refractivity contribution in [2.75, 3.05) is 0 Å². The number of aldehydes is 1. The molecule has 1 saturated heterocycles. The molecule has 102 valence electrons. The van der Waals surface area contributed by atoms with E-state index in [0.717, 1.165) is 22.8 Å². The Balaban J connectivity index is 2.05. The Labute approximate surface area is 114 Å². The van der Waals surface area contributed by atoms with E-state index in [1.54, 1.807) is 10.9 Å². The molecule has 1 aromatic carbocycles. The minimum atomic E-state index is -0.342. The minimum absolute atomic E-state index is 0.183. The maximum Gasteiger partial charge on any atom is 0.234 e. The molecule has 2 aromatic rings. The van der Waals surface area contributed by atoms with E-state index in [1.165, 1.54) is 0 Å². The maximum atomic E-state index is 12.0. The van der Waals surface area contributed by atoms with Crippen LogP contribution in [0.4, 0.5) is 0 Å². The summed E-state index contributed by atoms with van der Waals surface area (Å²) in [6.07, 6.45) is 3.29. The number of rotatable bonds is 3. The molecule has 1 aromatic heterocycles. The fraction of sp³-hybridized carbons (Fsp3) is 0.286. The number of benzene rings is 1. The number of nitrogens with one attached hydrogen (secondary N) is 1. The largest absolute Gasteiger partial charge is 0.301 e. The second-order valence-corrected chi connectivity index (χ2v) is 4.78. The van der Waals surface area contributed by atoms with Gasteiger partial charge < -0.3 is 4.79 Å². The number of hydrogen-bond donors (Lipinski definition) is 1. The summed E-state index contributed by atoms with van der Waals surface area (Å²) in [4.78, 5) is 33.8. The van der Waals surface area contributed by atoms with Crippen molar-refractivity contribution in [3.05, 3.63) is 30.0 Å². The third kappa shape index (κ3) is 1.99. The lowest BCUT2D eigenvalue weighted by Crippen LogP contribution is -2.39. The van der Waals surface area contributed by atoms with Crippen LogP contribution >= 0.6 is 0 Å². The van der Waals surface area contributed by atoms with Gasteiger partial charge in [0, 0.05) is 11.8 Å². The van der Waals surface area contributed by atoms with Crippen LogP contribution in [0.15, 0.2) is 24.4 Å².